The smallest absolute Gasteiger partial charge is 0.334 e. The molecule has 3 heteroatoms. The Kier molecular flexibility index (Phi) is 1.86. The van der Waals surface area contributed by atoms with E-state index >= 15 is 0 Å². The number of rotatable bonds is 3. The van der Waals surface area contributed by atoms with Crippen molar-refractivity contribution in [1.82, 2.24) is 0 Å². The first-order valence-corrected chi connectivity index (χ1v) is 2.98. The number of aliphatic hydroxyl groups is 1. The van der Waals surface area contributed by atoms with Crippen LogP contribution in [0.15, 0.2) is 0 Å². The van der Waals surface area contributed by atoms with Crippen molar-refractivity contribution in [3.8, 4) is 0 Å². The van der Waals surface area contributed by atoms with Gasteiger partial charge in [0.05, 0.1) is 7.98 Å². The Hall–Kier alpha value is -0.570. The maximum absolute atomic E-state index is 11.0. The van der Waals surface area contributed by atoms with Gasteiger partial charge in [-0.1, -0.05) is 13.8 Å². The molecule has 10 heavy (non-hydrogen) atoms. The minimum atomic E-state index is -3.18. The van der Waals surface area contributed by atoms with Gasteiger partial charge in [0.25, 0.3) is 0 Å². The van der Waals surface area contributed by atoms with Crippen molar-refractivity contribution >= 4 is 5.97 Å². The molecule has 0 rings (SSSR count). The van der Waals surface area contributed by atoms with Crippen LogP contribution in [0.4, 0.5) is 0 Å². The SMILES string of the molecule is [2H]C([2H])([2H])[C@@]([2H])(O)C(=O)OCC(C)C. The number of carbonyl (C=O) groups is 1. The molecular formula is C7H14O3. The lowest BCUT2D eigenvalue weighted by Gasteiger charge is -2.07. The first-order valence-electron chi connectivity index (χ1n) is 4.98. The summed E-state index contributed by atoms with van der Waals surface area (Å²) in [6, 6.07) is 0. The average Bonchev–Trinajstić information content (AvgIpc) is 1.97. The Labute approximate surface area is 66.6 Å². The van der Waals surface area contributed by atoms with Gasteiger partial charge in [-0.2, -0.15) is 0 Å². The quantitative estimate of drug-likeness (QED) is 0.598. The fourth-order valence-electron chi connectivity index (χ4n) is 0.311. The normalized spacial score (nSPS) is 23.6. The molecule has 0 fully saturated rings. The molecule has 0 bridgehead atoms. The van der Waals surface area contributed by atoms with Crippen LogP contribution in [-0.4, -0.2) is 23.8 Å². The minimum Gasteiger partial charge on any atom is -0.464 e. The second kappa shape index (κ2) is 4.28. The monoisotopic (exact) mass is 150 g/mol. The molecular weight excluding hydrogens is 132 g/mol. The van der Waals surface area contributed by atoms with Crippen molar-refractivity contribution in [2.45, 2.75) is 26.8 Å². The summed E-state index contributed by atoms with van der Waals surface area (Å²) in [4.78, 5) is 11.0. The van der Waals surface area contributed by atoms with Crippen molar-refractivity contribution in [3.63, 3.8) is 0 Å². The zero-order valence-corrected chi connectivity index (χ0v) is 6.05. The molecule has 1 atom stereocenters. The van der Waals surface area contributed by atoms with Crippen LogP contribution in [0.25, 0.3) is 0 Å². The van der Waals surface area contributed by atoms with Gasteiger partial charge in [-0.25, -0.2) is 4.79 Å². The molecule has 0 aromatic carbocycles. The third-order valence-corrected chi connectivity index (χ3v) is 0.741. The Morgan fingerprint density at radius 3 is 2.90 bits per heavy atom. The van der Waals surface area contributed by atoms with Crippen molar-refractivity contribution in [3.05, 3.63) is 0 Å². The number of ether oxygens (including phenoxy) is 1. The van der Waals surface area contributed by atoms with Crippen LogP contribution >= 0.6 is 0 Å². The topological polar surface area (TPSA) is 46.5 Å². The highest BCUT2D eigenvalue weighted by molar-refractivity contribution is 5.73. The summed E-state index contributed by atoms with van der Waals surface area (Å²) in [5, 5.41) is 9.06. The van der Waals surface area contributed by atoms with E-state index in [1.54, 1.807) is 13.8 Å². The highest BCUT2D eigenvalue weighted by Crippen LogP contribution is 1.94. The van der Waals surface area contributed by atoms with Gasteiger partial charge in [-0.05, 0) is 12.8 Å². The molecule has 0 spiro atoms. The third-order valence-electron chi connectivity index (χ3n) is 0.741. The van der Waals surface area contributed by atoms with Crippen molar-refractivity contribution in [1.29, 1.82) is 0 Å². The summed E-state index contributed by atoms with van der Waals surface area (Å²) in [5.41, 5.74) is 0. The molecule has 0 radical (unpaired) electrons. The van der Waals surface area contributed by atoms with E-state index in [-0.39, 0.29) is 12.5 Å². The zero-order valence-electron chi connectivity index (χ0n) is 10.0. The Morgan fingerprint density at radius 1 is 1.90 bits per heavy atom. The molecule has 3 nitrogen and oxygen atoms in total. The second-order valence-corrected chi connectivity index (χ2v) is 2.34. The van der Waals surface area contributed by atoms with Crippen molar-refractivity contribution in [2.24, 2.45) is 5.92 Å². The number of esters is 1. The van der Waals surface area contributed by atoms with E-state index in [0.29, 0.717) is 0 Å². The molecule has 0 aromatic rings. The first-order chi connectivity index (χ1) is 6.09. The molecule has 0 amide bonds. The van der Waals surface area contributed by atoms with E-state index in [0.717, 1.165) is 0 Å². The summed E-state index contributed by atoms with van der Waals surface area (Å²) in [5.74, 6) is -1.42. The average molecular weight is 150 g/mol. The lowest BCUT2D eigenvalue weighted by Crippen LogP contribution is -2.21. The Morgan fingerprint density at radius 2 is 2.50 bits per heavy atom. The molecule has 0 saturated carbocycles. The predicted octanol–water partition coefficient (Wildman–Crippen LogP) is 0.566. The highest BCUT2D eigenvalue weighted by Gasteiger charge is 2.09. The summed E-state index contributed by atoms with van der Waals surface area (Å²) >= 11 is 0. The minimum absolute atomic E-state index is 0.0178. The fraction of sp³-hybridized carbons (Fsp3) is 0.857. The summed E-state index contributed by atoms with van der Waals surface area (Å²) in [6.45, 7) is 0.397. The van der Waals surface area contributed by atoms with Gasteiger partial charge in [0.15, 0.2) is 0 Å². The standard InChI is InChI=1S/C7H14O3/c1-5(2)4-10-7(9)6(3)8/h5-6,8H,4H2,1-3H3/t6-/m1/s1/i3D3,6D. The first kappa shape index (κ1) is 4.34. The lowest BCUT2D eigenvalue weighted by atomic mass is 10.2. The predicted molar refractivity (Wildman–Crippen MR) is 37.5 cm³/mol. The van der Waals surface area contributed by atoms with Crippen LogP contribution in [0, 0.1) is 5.92 Å². The highest BCUT2D eigenvalue weighted by atomic mass is 16.5. The number of carbonyl (C=O) groups excluding carboxylic acids is 1. The van der Waals surface area contributed by atoms with Crippen LogP contribution in [0.1, 0.15) is 26.2 Å². The van der Waals surface area contributed by atoms with Crippen LogP contribution in [0.3, 0.4) is 0 Å². The molecule has 1 N–H and O–H groups in total. The van der Waals surface area contributed by atoms with Gasteiger partial charge in [0.1, 0.15) is 6.08 Å². The molecule has 0 aliphatic heterocycles. The molecule has 60 valence electrons. The van der Waals surface area contributed by atoms with Gasteiger partial charge in [0, 0.05) is 4.11 Å². The van der Waals surface area contributed by atoms with Crippen molar-refractivity contribution < 1.29 is 20.1 Å². The van der Waals surface area contributed by atoms with E-state index in [9.17, 15) is 4.79 Å². The molecule has 0 heterocycles. The van der Waals surface area contributed by atoms with Crippen LogP contribution in [-0.2, 0) is 9.53 Å². The van der Waals surface area contributed by atoms with Gasteiger partial charge in [-0.15, -0.1) is 0 Å². The van der Waals surface area contributed by atoms with Crippen LogP contribution in [0.5, 0.6) is 0 Å². The maximum Gasteiger partial charge on any atom is 0.334 e. The molecule has 0 unspecified atom stereocenters. The van der Waals surface area contributed by atoms with Gasteiger partial charge in [0.2, 0.25) is 0 Å². The van der Waals surface area contributed by atoms with Gasteiger partial charge >= 0.3 is 5.97 Å². The Balaban J connectivity index is 4.38. The molecule has 0 aliphatic rings. The number of hydrogen-bond acceptors (Lipinski definition) is 3. The second-order valence-electron chi connectivity index (χ2n) is 2.34. The Bertz CT molecular complexity index is 209. The molecule has 0 aromatic heterocycles. The summed E-state index contributed by atoms with van der Waals surface area (Å²) in [7, 11) is 0. The fourth-order valence-corrected chi connectivity index (χ4v) is 0.311. The third kappa shape index (κ3) is 4.32. The largest absolute Gasteiger partial charge is 0.464 e. The molecule has 0 saturated heterocycles. The molecule has 0 aliphatic carbocycles. The van der Waals surface area contributed by atoms with Crippen LogP contribution < -0.4 is 0 Å². The number of hydrogen-bond donors (Lipinski definition) is 1. The van der Waals surface area contributed by atoms with Gasteiger partial charge in [-0.3, -0.25) is 0 Å². The van der Waals surface area contributed by atoms with E-state index < -0.39 is 18.9 Å². The zero-order chi connectivity index (χ0) is 11.6. The maximum atomic E-state index is 11.0. The van der Waals surface area contributed by atoms with Crippen molar-refractivity contribution in [2.75, 3.05) is 6.61 Å². The lowest BCUT2D eigenvalue weighted by molar-refractivity contribution is -0.153. The summed E-state index contributed by atoms with van der Waals surface area (Å²) in [6.07, 6.45) is -3.18. The van der Waals surface area contributed by atoms with E-state index in [1.165, 1.54) is 0 Å². The van der Waals surface area contributed by atoms with Crippen LogP contribution in [0.2, 0.25) is 0 Å². The summed E-state index contributed by atoms with van der Waals surface area (Å²) < 4.78 is 31.6. The van der Waals surface area contributed by atoms with Gasteiger partial charge < -0.3 is 9.84 Å². The van der Waals surface area contributed by atoms with E-state index in [2.05, 4.69) is 4.74 Å². The van der Waals surface area contributed by atoms with E-state index in [1.807, 2.05) is 0 Å². The van der Waals surface area contributed by atoms with E-state index in [4.69, 9.17) is 10.6 Å².